The molecule has 0 bridgehead atoms. The Morgan fingerprint density at radius 2 is 1.84 bits per heavy atom. The summed E-state index contributed by atoms with van der Waals surface area (Å²) in [7, 11) is 0. The summed E-state index contributed by atoms with van der Waals surface area (Å²) in [4.78, 5) is 19.0. The highest BCUT2D eigenvalue weighted by Gasteiger charge is 2.25. The van der Waals surface area contributed by atoms with Crippen LogP contribution in [0.3, 0.4) is 0 Å². The zero-order chi connectivity index (χ0) is 20.8. The van der Waals surface area contributed by atoms with Gasteiger partial charge < -0.3 is 25.8 Å². The van der Waals surface area contributed by atoms with Crippen molar-refractivity contribution in [1.82, 2.24) is 4.98 Å². The molecule has 4 rings (SSSR count). The Balaban J connectivity index is 0.00000181. The van der Waals surface area contributed by atoms with Crippen LogP contribution in [0.2, 0.25) is 0 Å². The second-order valence-corrected chi connectivity index (χ2v) is 6.60. The fourth-order valence-corrected chi connectivity index (χ4v) is 3.06. The van der Waals surface area contributed by atoms with Crippen molar-refractivity contribution < 1.29 is 14.3 Å². The molecule has 1 aromatic heterocycles. The van der Waals surface area contributed by atoms with Crippen molar-refractivity contribution in [3.05, 3.63) is 66.7 Å². The standard InChI is InChI=1S/C22H23N5O3.2ClH/c23-11-13-29-18-8-4-7-17(15-18)24-20-10-9-19-21(26-20)27(12-14-30-19)22(28)25-16-5-2-1-3-6-16;;/h1-10,15H,11-14,23H2,(H,24,26)(H,25,28);2*1H. The number of rotatable bonds is 6. The van der Waals surface area contributed by atoms with Gasteiger partial charge in [0.1, 0.15) is 24.8 Å². The van der Waals surface area contributed by atoms with Crippen molar-refractivity contribution in [2.75, 3.05) is 41.8 Å². The molecule has 10 heteroatoms. The van der Waals surface area contributed by atoms with Crippen LogP contribution < -0.4 is 30.7 Å². The average molecular weight is 478 g/mol. The third kappa shape index (κ3) is 6.16. The van der Waals surface area contributed by atoms with Gasteiger partial charge in [-0.1, -0.05) is 24.3 Å². The van der Waals surface area contributed by atoms with Gasteiger partial charge in [-0.3, -0.25) is 4.90 Å². The second kappa shape index (κ2) is 12.0. The fourth-order valence-electron chi connectivity index (χ4n) is 3.06. The summed E-state index contributed by atoms with van der Waals surface area (Å²) < 4.78 is 11.2. The molecule has 1 aliphatic heterocycles. The molecule has 32 heavy (non-hydrogen) atoms. The number of nitrogens with zero attached hydrogens (tertiary/aromatic N) is 2. The largest absolute Gasteiger partial charge is 0.492 e. The van der Waals surface area contributed by atoms with E-state index in [-0.39, 0.29) is 30.8 Å². The van der Waals surface area contributed by atoms with E-state index in [0.29, 0.717) is 43.7 Å². The van der Waals surface area contributed by atoms with Crippen molar-refractivity contribution in [3.8, 4) is 11.5 Å². The lowest BCUT2D eigenvalue weighted by Gasteiger charge is -2.28. The molecular formula is C22H25Cl2N5O3. The van der Waals surface area contributed by atoms with Gasteiger partial charge in [0.25, 0.3) is 0 Å². The molecule has 0 atom stereocenters. The molecular weight excluding hydrogens is 453 g/mol. The maximum absolute atomic E-state index is 12.8. The molecule has 0 aliphatic carbocycles. The number of amides is 2. The molecule has 0 fully saturated rings. The molecule has 3 aromatic rings. The first-order chi connectivity index (χ1) is 14.7. The minimum Gasteiger partial charge on any atom is -0.492 e. The Morgan fingerprint density at radius 1 is 1.06 bits per heavy atom. The predicted octanol–water partition coefficient (Wildman–Crippen LogP) is 4.44. The maximum atomic E-state index is 12.8. The van der Waals surface area contributed by atoms with E-state index in [1.54, 1.807) is 11.0 Å². The second-order valence-electron chi connectivity index (χ2n) is 6.60. The van der Waals surface area contributed by atoms with E-state index in [0.717, 1.165) is 17.1 Å². The first kappa shape index (κ1) is 25.1. The average Bonchev–Trinajstić information content (AvgIpc) is 2.78. The fraction of sp³-hybridized carbons (Fsp3) is 0.182. The van der Waals surface area contributed by atoms with E-state index in [2.05, 4.69) is 15.6 Å². The number of nitrogens with one attached hydrogen (secondary N) is 2. The van der Waals surface area contributed by atoms with Gasteiger partial charge in [0.15, 0.2) is 11.6 Å². The number of nitrogens with two attached hydrogens (primary N) is 1. The Bertz CT molecular complexity index is 1020. The predicted molar refractivity (Wildman–Crippen MR) is 131 cm³/mol. The number of carbonyl (C=O) groups excluding carboxylic acids is 1. The van der Waals surface area contributed by atoms with Crippen LogP contribution in [0.25, 0.3) is 0 Å². The maximum Gasteiger partial charge on any atom is 0.327 e. The zero-order valence-electron chi connectivity index (χ0n) is 17.2. The van der Waals surface area contributed by atoms with Gasteiger partial charge in [-0.25, -0.2) is 9.78 Å². The molecule has 1 aliphatic rings. The number of hydrogen-bond donors (Lipinski definition) is 3. The SMILES string of the molecule is Cl.Cl.NCCOc1cccc(Nc2ccc3c(n2)N(C(=O)Nc2ccccc2)CCO3)c1. The number of para-hydroxylation sites is 1. The minimum atomic E-state index is -0.257. The van der Waals surface area contributed by atoms with Crippen molar-refractivity contribution >= 4 is 53.9 Å². The van der Waals surface area contributed by atoms with Gasteiger partial charge in [-0.2, -0.15) is 0 Å². The number of fused-ring (bicyclic) bond motifs is 1. The highest BCUT2D eigenvalue weighted by atomic mass is 35.5. The summed E-state index contributed by atoms with van der Waals surface area (Å²) in [5.41, 5.74) is 7.02. The summed E-state index contributed by atoms with van der Waals surface area (Å²) in [5.74, 6) is 2.34. The van der Waals surface area contributed by atoms with Crippen LogP contribution in [0, 0.1) is 0 Å². The molecule has 0 saturated heterocycles. The van der Waals surface area contributed by atoms with Gasteiger partial charge in [0.05, 0.1) is 6.54 Å². The van der Waals surface area contributed by atoms with Crippen molar-refractivity contribution in [2.45, 2.75) is 0 Å². The van der Waals surface area contributed by atoms with E-state index in [1.807, 2.05) is 60.7 Å². The third-order valence-electron chi connectivity index (χ3n) is 4.43. The van der Waals surface area contributed by atoms with Crippen LogP contribution in [0.1, 0.15) is 0 Å². The van der Waals surface area contributed by atoms with Crippen molar-refractivity contribution in [1.29, 1.82) is 0 Å². The first-order valence-corrected chi connectivity index (χ1v) is 9.70. The summed E-state index contributed by atoms with van der Waals surface area (Å²) in [5, 5.41) is 6.14. The Morgan fingerprint density at radius 3 is 2.62 bits per heavy atom. The van der Waals surface area contributed by atoms with Gasteiger partial charge >= 0.3 is 6.03 Å². The summed E-state index contributed by atoms with van der Waals surface area (Å²) in [6, 6.07) is 20.2. The number of urea groups is 1. The molecule has 2 amide bonds. The van der Waals surface area contributed by atoms with Crippen LogP contribution in [-0.2, 0) is 0 Å². The minimum absolute atomic E-state index is 0. The lowest BCUT2D eigenvalue weighted by Crippen LogP contribution is -2.41. The van der Waals surface area contributed by atoms with Crippen molar-refractivity contribution in [3.63, 3.8) is 0 Å². The number of aromatic nitrogens is 1. The van der Waals surface area contributed by atoms with Gasteiger partial charge in [-0.15, -0.1) is 24.8 Å². The topological polar surface area (TPSA) is 102 Å². The van der Waals surface area contributed by atoms with Crippen molar-refractivity contribution in [2.24, 2.45) is 5.73 Å². The third-order valence-corrected chi connectivity index (χ3v) is 4.43. The number of benzene rings is 2. The number of hydrogen-bond acceptors (Lipinski definition) is 6. The van der Waals surface area contributed by atoms with Gasteiger partial charge in [0.2, 0.25) is 0 Å². The van der Waals surface area contributed by atoms with E-state index < -0.39 is 0 Å². The Hall–Kier alpha value is -3.20. The molecule has 8 nitrogen and oxygen atoms in total. The van der Waals surface area contributed by atoms with Crippen LogP contribution in [0.15, 0.2) is 66.7 Å². The highest BCUT2D eigenvalue weighted by molar-refractivity contribution is 6.02. The lowest BCUT2D eigenvalue weighted by atomic mass is 10.3. The van der Waals surface area contributed by atoms with Crippen LogP contribution in [0.5, 0.6) is 11.5 Å². The monoisotopic (exact) mass is 477 g/mol. The molecule has 0 spiro atoms. The molecule has 2 heterocycles. The summed E-state index contributed by atoms with van der Waals surface area (Å²) >= 11 is 0. The molecule has 0 radical (unpaired) electrons. The van der Waals surface area contributed by atoms with E-state index in [9.17, 15) is 4.79 Å². The zero-order valence-corrected chi connectivity index (χ0v) is 18.8. The lowest BCUT2D eigenvalue weighted by molar-refractivity contribution is 0.249. The number of anilines is 4. The quantitative estimate of drug-likeness (QED) is 0.485. The molecule has 0 saturated carbocycles. The van der Waals surface area contributed by atoms with E-state index >= 15 is 0 Å². The number of carbonyl (C=O) groups is 1. The van der Waals surface area contributed by atoms with Crippen LogP contribution >= 0.6 is 24.8 Å². The summed E-state index contributed by atoms with van der Waals surface area (Å²) in [6.07, 6.45) is 0. The van der Waals surface area contributed by atoms with Crippen LogP contribution in [-0.4, -0.2) is 37.3 Å². The highest BCUT2D eigenvalue weighted by Crippen LogP contribution is 2.32. The van der Waals surface area contributed by atoms with Gasteiger partial charge in [-0.05, 0) is 36.4 Å². The Kier molecular flexibility index (Phi) is 9.39. The number of halogens is 2. The molecule has 170 valence electrons. The number of pyridine rings is 1. The first-order valence-electron chi connectivity index (χ1n) is 9.70. The summed E-state index contributed by atoms with van der Waals surface area (Å²) in [6.45, 7) is 1.71. The van der Waals surface area contributed by atoms with E-state index in [4.69, 9.17) is 15.2 Å². The van der Waals surface area contributed by atoms with E-state index in [1.165, 1.54) is 0 Å². The normalized spacial score (nSPS) is 11.7. The van der Waals surface area contributed by atoms with Gasteiger partial charge in [0, 0.05) is 24.0 Å². The number of ether oxygens (including phenoxy) is 2. The molecule has 2 aromatic carbocycles. The Labute approximate surface area is 198 Å². The smallest absolute Gasteiger partial charge is 0.327 e. The van der Waals surface area contributed by atoms with Crippen LogP contribution in [0.4, 0.5) is 27.8 Å². The molecule has 0 unspecified atom stereocenters. The molecule has 4 N–H and O–H groups in total.